The molecule has 4 heteroatoms. The Labute approximate surface area is 120 Å². The smallest absolute Gasteiger partial charge is 0.347 e. The summed E-state index contributed by atoms with van der Waals surface area (Å²) in [5.74, 6) is 1.17. The van der Waals surface area contributed by atoms with Crippen LogP contribution in [0.4, 0.5) is 0 Å². The van der Waals surface area contributed by atoms with Gasteiger partial charge in [-0.05, 0) is 13.6 Å². The number of hydrogen-bond donors (Lipinski definition) is 0. The molecule has 1 rings (SSSR count). The maximum absolute atomic E-state index is 12.0. The summed E-state index contributed by atoms with van der Waals surface area (Å²) in [6.45, 7) is 9.07. The summed E-state index contributed by atoms with van der Waals surface area (Å²) < 4.78 is 0. The van der Waals surface area contributed by atoms with Gasteiger partial charge in [0.15, 0.2) is 0 Å². The number of piperidine rings is 1. The van der Waals surface area contributed by atoms with Crippen molar-refractivity contribution in [2.24, 2.45) is 11.8 Å². The predicted octanol–water partition coefficient (Wildman–Crippen LogP) is 1.46. The molecule has 3 unspecified atom stereocenters. The topological polar surface area (TPSA) is 23.6 Å². The van der Waals surface area contributed by atoms with Gasteiger partial charge in [0.2, 0.25) is 5.91 Å². The monoisotopic (exact) mass is 408 g/mol. The van der Waals surface area contributed by atoms with Gasteiger partial charge < -0.3 is 18.7 Å². The van der Waals surface area contributed by atoms with Crippen molar-refractivity contribution in [3.05, 3.63) is 13.8 Å². The number of nitrogens with zero attached hydrogens (tertiary/aromatic N) is 2. The largest absolute Gasteiger partial charge is 2.00 e. The van der Waals surface area contributed by atoms with Gasteiger partial charge in [0.25, 0.3) is 0 Å². The molecule has 17 heavy (non-hydrogen) atoms. The van der Waals surface area contributed by atoms with Gasteiger partial charge in [0.1, 0.15) is 0 Å². The second kappa shape index (κ2) is 7.53. The Kier molecular flexibility index (Phi) is 7.58. The minimum Gasteiger partial charge on any atom is -0.347 e. The molecule has 0 aromatic heterocycles. The fraction of sp³-hybridized carbons (Fsp3) is 0.769. The maximum atomic E-state index is 12.0. The van der Waals surface area contributed by atoms with Crippen LogP contribution in [0.15, 0.2) is 0 Å². The van der Waals surface area contributed by atoms with Crippen molar-refractivity contribution in [2.45, 2.75) is 25.3 Å². The number of carbonyl (C=O) groups is 1. The summed E-state index contributed by atoms with van der Waals surface area (Å²) in [7, 11) is 5.67. The number of rotatable bonds is 3. The molecule has 1 aliphatic heterocycles. The maximum Gasteiger partial charge on any atom is 2.00 e. The molecule has 98 valence electrons. The van der Waals surface area contributed by atoms with E-state index in [0.717, 1.165) is 25.8 Å². The number of carbonyl (C=O) groups excluding carboxylic acids is 1. The van der Waals surface area contributed by atoms with Crippen molar-refractivity contribution < 1.29 is 25.9 Å². The fourth-order valence-corrected chi connectivity index (χ4v) is 2.48. The summed E-state index contributed by atoms with van der Waals surface area (Å²) in [5, 5.41) is 0. The van der Waals surface area contributed by atoms with Crippen molar-refractivity contribution >= 4 is 5.91 Å². The average molecular weight is 408 g/mol. The summed E-state index contributed by atoms with van der Waals surface area (Å²) in [6.07, 6.45) is 2.94. The summed E-state index contributed by atoms with van der Waals surface area (Å²) >= 11 is 0. The van der Waals surface area contributed by atoms with Crippen molar-refractivity contribution in [3.8, 4) is 0 Å². The van der Waals surface area contributed by atoms with Crippen molar-refractivity contribution in [2.75, 3.05) is 27.7 Å². The van der Waals surface area contributed by atoms with Crippen LogP contribution in [0.1, 0.15) is 19.3 Å². The third-order valence-corrected chi connectivity index (χ3v) is 3.55. The quantitative estimate of drug-likeness (QED) is 0.661. The van der Waals surface area contributed by atoms with E-state index in [1.54, 1.807) is 4.90 Å². The molecule has 1 fully saturated rings. The molecule has 3 nitrogen and oxygen atoms in total. The molecule has 0 bridgehead atoms. The number of amides is 1. The van der Waals surface area contributed by atoms with E-state index in [4.69, 9.17) is 0 Å². The molecule has 1 amide bonds. The van der Waals surface area contributed by atoms with E-state index < -0.39 is 0 Å². The van der Waals surface area contributed by atoms with E-state index in [1.807, 2.05) is 21.1 Å². The van der Waals surface area contributed by atoms with Gasteiger partial charge in [-0.3, -0.25) is 9.69 Å². The molecule has 3 atom stereocenters. The first-order valence-electron chi connectivity index (χ1n) is 6.01. The van der Waals surface area contributed by atoms with Crippen LogP contribution in [0.3, 0.4) is 0 Å². The molecule has 0 N–H and O–H groups in total. The van der Waals surface area contributed by atoms with Crippen LogP contribution in [0.25, 0.3) is 0 Å². The Morgan fingerprint density at radius 3 is 2.53 bits per heavy atom. The van der Waals surface area contributed by atoms with Gasteiger partial charge in [-0.25, -0.2) is 0 Å². The Bertz CT molecular complexity index is 246. The molecule has 0 spiro atoms. The second-order valence-corrected chi connectivity index (χ2v) is 5.09. The van der Waals surface area contributed by atoms with E-state index in [2.05, 4.69) is 18.7 Å². The van der Waals surface area contributed by atoms with Crippen LogP contribution in [0.2, 0.25) is 0 Å². The van der Waals surface area contributed by atoms with Crippen LogP contribution in [-0.4, -0.2) is 49.4 Å². The van der Waals surface area contributed by atoms with Gasteiger partial charge in [-0.1, -0.05) is 18.8 Å². The fourth-order valence-electron chi connectivity index (χ4n) is 2.48. The molecular formula is C13H24N2OW. The SMILES string of the molecule is [CH2-]CCC1CN(C)C(C(=O)N(C)C)CC1[CH2-].[W+2]. The Morgan fingerprint density at radius 1 is 1.47 bits per heavy atom. The number of likely N-dealkylation sites (tertiary alicyclic amines) is 1. The van der Waals surface area contributed by atoms with Crippen molar-refractivity contribution in [1.29, 1.82) is 0 Å². The molecule has 0 radical (unpaired) electrons. The van der Waals surface area contributed by atoms with E-state index in [-0.39, 0.29) is 33.0 Å². The van der Waals surface area contributed by atoms with E-state index in [0.29, 0.717) is 11.8 Å². The Morgan fingerprint density at radius 2 is 2.06 bits per heavy atom. The van der Waals surface area contributed by atoms with E-state index in [9.17, 15) is 4.79 Å². The van der Waals surface area contributed by atoms with Crippen molar-refractivity contribution in [1.82, 2.24) is 9.80 Å². The number of likely N-dealkylation sites (N-methyl/N-ethyl adjacent to an activating group) is 2. The zero-order valence-corrected chi connectivity index (χ0v) is 14.1. The number of hydrogen-bond acceptors (Lipinski definition) is 2. The summed E-state index contributed by atoms with van der Waals surface area (Å²) in [5.41, 5.74) is 0. The van der Waals surface area contributed by atoms with Gasteiger partial charge in [-0.15, -0.1) is 0 Å². The van der Waals surface area contributed by atoms with Crippen LogP contribution < -0.4 is 0 Å². The van der Waals surface area contributed by atoms with Gasteiger partial charge in [0.05, 0.1) is 6.04 Å². The minimum absolute atomic E-state index is 0. The zero-order chi connectivity index (χ0) is 12.3. The zero-order valence-electron chi connectivity index (χ0n) is 11.2. The van der Waals surface area contributed by atoms with E-state index >= 15 is 0 Å². The Balaban J connectivity index is 0.00000256. The molecular weight excluding hydrogens is 384 g/mol. The standard InChI is InChI=1S/C13H24N2O.W/c1-6-7-11-9-15(5)12(8-10(11)2)13(16)14(3)4;/h10-12H,1-2,6-9H2,3-5H3;/q-2;+2. The molecule has 0 aromatic carbocycles. The normalized spacial score (nSPS) is 29.6. The first-order valence-corrected chi connectivity index (χ1v) is 6.01. The Hall–Kier alpha value is 0.118. The van der Waals surface area contributed by atoms with Crippen LogP contribution in [0, 0.1) is 25.7 Å². The predicted molar refractivity (Wildman–Crippen MR) is 66.7 cm³/mol. The molecule has 1 saturated heterocycles. The summed E-state index contributed by atoms with van der Waals surface area (Å²) in [6, 6.07) is 0.0126. The van der Waals surface area contributed by atoms with E-state index in [1.165, 1.54) is 0 Å². The third kappa shape index (κ3) is 4.37. The first-order chi connectivity index (χ1) is 7.47. The van der Waals surface area contributed by atoms with Crippen LogP contribution in [-0.2, 0) is 25.9 Å². The van der Waals surface area contributed by atoms with Gasteiger partial charge >= 0.3 is 21.1 Å². The molecule has 0 saturated carbocycles. The first kappa shape index (κ1) is 17.1. The molecule has 0 aliphatic carbocycles. The van der Waals surface area contributed by atoms with Crippen LogP contribution >= 0.6 is 0 Å². The summed E-state index contributed by atoms with van der Waals surface area (Å²) in [4.78, 5) is 15.8. The molecule has 0 aromatic rings. The second-order valence-electron chi connectivity index (χ2n) is 5.09. The molecule has 1 heterocycles. The van der Waals surface area contributed by atoms with Gasteiger partial charge in [-0.2, -0.15) is 12.3 Å². The van der Waals surface area contributed by atoms with Crippen LogP contribution in [0.5, 0.6) is 0 Å². The molecule has 1 aliphatic rings. The minimum atomic E-state index is 0. The average Bonchev–Trinajstić information content (AvgIpc) is 2.22. The third-order valence-electron chi connectivity index (χ3n) is 3.55. The van der Waals surface area contributed by atoms with Gasteiger partial charge in [0, 0.05) is 14.1 Å². The van der Waals surface area contributed by atoms with Crippen molar-refractivity contribution in [3.63, 3.8) is 0 Å².